The number of hydrogen-bond acceptors (Lipinski definition) is 0. The van der Waals surface area contributed by atoms with Crippen LogP contribution in [0, 0.1) is 0 Å². The van der Waals surface area contributed by atoms with Gasteiger partial charge in [-0.1, -0.05) is 38.5 Å². The number of benzene rings is 1. The molecule has 0 heterocycles. The molecule has 5 heteroatoms. The van der Waals surface area contributed by atoms with E-state index in [1.54, 1.807) is 193 Å². The first kappa shape index (κ1) is 43.0. The Balaban J connectivity index is 0.000000152. The Morgan fingerprint density at radius 3 is 0.941 bits per heavy atom. The van der Waals surface area contributed by atoms with Crippen molar-refractivity contribution in [2.75, 3.05) is 0 Å². The smallest absolute Gasteiger partial charge is 0.0530 e. The number of halogens is 2. The zero-order chi connectivity index (χ0) is 35.5. The maximum absolute atomic E-state index is 5.72. The van der Waals surface area contributed by atoms with Gasteiger partial charge < -0.3 is 0 Å². The first-order valence-electron chi connectivity index (χ1n) is 22.4. The van der Waals surface area contributed by atoms with Gasteiger partial charge in [-0.2, -0.15) is 0 Å². The van der Waals surface area contributed by atoms with Gasteiger partial charge in [0.1, 0.15) is 0 Å². The van der Waals surface area contributed by atoms with E-state index < -0.39 is 13.5 Å². The molecule has 0 radical (unpaired) electrons. The number of hydrogen-bond donors (Lipinski definition) is 0. The monoisotopic (exact) mass is 864 g/mol. The minimum absolute atomic E-state index is 0.0465. The van der Waals surface area contributed by atoms with E-state index in [9.17, 15) is 0 Å². The second-order valence-electron chi connectivity index (χ2n) is 17.5. The van der Waals surface area contributed by atoms with E-state index in [1.165, 1.54) is 45.1 Å². The minimum Gasteiger partial charge on any atom is -0.0530 e. The average Bonchev–Trinajstić information content (AvgIpc) is 3.20. The Labute approximate surface area is 332 Å². The first-order chi connectivity index (χ1) is 25.1. The van der Waals surface area contributed by atoms with Gasteiger partial charge in [-0.25, -0.2) is 0 Å². The quantitative estimate of drug-likeness (QED) is 0.180. The zero-order valence-corrected chi connectivity index (χ0v) is 38.1. The van der Waals surface area contributed by atoms with Crippen molar-refractivity contribution in [3.63, 3.8) is 0 Å². The standard InChI is InChI=1S/2C18H33P.C10H10.2ClH.Ru/c2*1-4-10-16(11-5-1)19(17-12-6-2-7-13-17)18-14-8-3-9-15-18;1-3-9(2)10-7-5-4-6-8-10;;;/h2*16-18H,1-15H2;1,3-8H,2H3;2*1H;/q;;;;;+2/b;;9-3-;;;. The average molecular weight is 865 g/mol. The fourth-order valence-corrected chi connectivity index (χ4v) is 23.2. The summed E-state index contributed by atoms with van der Waals surface area (Å²) in [7, 11) is 11.3. The molecule has 0 spiro atoms. The molecule has 6 saturated carbocycles. The summed E-state index contributed by atoms with van der Waals surface area (Å²) >= 11 is -1.64. The van der Waals surface area contributed by atoms with E-state index >= 15 is 0 Å². The minimum atomic E-state index is -1.64. The number of rotatable bonds is 8. The van der Waals surface area contributed by atoms with Gasteiger partial charge >= 0.3 is 92.0 Å². The Hall–Kier alpha value is 0.893. The summed E-state index contributed by atoms with van der Waals surface area (Å²) < 4.78 is 1.90. The molecule has 0 unspecified atom stereocenters. The molecule has 6 aliphatic rings. The predicted octanol–water partition coefficient (Wildman–Crippen LogP) is 16.2. The van der Waals surface area contributed by atoms with Crippen molar-refractivity contribution < 1.29 is 13.5 Å². The summed E-state index contributed by atoms with van der Waals surface area (Å²) in [6.45, 7) is 2.05. The molecule has 51 heavy (non-hydrogen) atoms. The van der Waals surface area contributed by atoms with Crippen molar-refractivity contribution in [1.29, 1.82) is 0 Å². The largest absolute Gasteiger partial charge is 0.0680 e. The van der Waals surface area contributed by atoms with Crippen LogP contribution in [0.3, 0.4) is 0 Å². The SMILES string of the molecule is C/C(=C/[CH]=[Ru]([Cl])[Cl])c1ccccc1.C1CCC([PH+](C2CCCCC2)C2CCCCC2)CC1.C1CCC([PH+](C2CCCCC2)C2CCCCC2)CC1. The Bertz CT molecular complexity index is 960. The second-order valence-corrected chi connectivity index (χ2v) is 30.2. The molecule has 7 rings (SSSR count). The van der Waals surface area contributed by atoms with Crippen LogP contribution in [0.5, 0.6) is 0 Å². The molecule has 1 aromatic carbocycles. The Morgan fingerprint density at radius 1 is 0.451 bits per heavy atom. The third-order valence-electron chi connectivity index (χ3n) is 14.1. The molecule has 0 aromatic heterocycles. The van der Waals surface area contributed by atoms with Crippen LogP contribution in [0.25, 0.3) is 5.57 Å². The summed E-state index contributed by atoms with van der Waals surface area (Å²) in [5.41, 5.74) is 9.77. The Kier molecular flexibility index (Phi) is 21.3. The molecule has 0 amide bonds. The van der Waals surface area contributed by atoms with Crippen LogP contribution in [-0.4, -0.2) is 38.6 Å². The van der Waals surface area contributed by atoms with Crippen LogP contribution in [-0.2, 0) is 13.5 Å². The van der Waals surface area contributed by atoms with Gasteiger partial charge in [-0.05, 0) is 154 Å². The van der Waals surface area contributed by atoms with E-state index in [0.29, 0.717) is 0 Å². The molecule has 1 aromatic rings. The van der Waals surface area contributed by atoms with Gasteiger partial charge in [-0.15, -0.1) is 0 Å². The molecule has 292 valence electrons. The summed E-state index contributed by atoms with van der Waals surface area (Å²) in [5, 5.41) is 0. The molecular formula is C46H78Cl2P2Ru+2. The van der Waals surface area contributed by atoms with Crippen LogP contribution in [0.1, 0.15) is 205 Å². The summed E-state index contributed by atoms with van der Waals surface area (Å²) in [5.74, 6) is 0. The molecule has 6 aliphatic carbocycles. The fourth-order valence-electron chi connectivity index (χ4n) is 11.5. The van der Waals surface area contributed by atoms with Crippen LogP contribution in [0.2, 0.25) is 0 Å². The first-order valence-corrected chi connectivity index (χ1v) is 31.3. The zero-order valence-electron chi connectivity index (χ0n) is 32.8. The summed E-state index contributed by atoms with van der Waals surface area (Å²) in [6.07, 6.45) is 49.6. The topological polar surface area (TPSA) is 0 Å². The van der Waals surface area contributed by atoms with Gasteiger partial charge in [0.05, 0.1) is 34.0 Å². The molecule has 0 saturated heterocycles. The van der Waals surface area contributed by atoms with Crippen molar-refractivity contribution in [2.24, 2.45) is 0 Å². The van der Waals surface area contributed by atoms with Crippen LogP contribution < -0.4 is 0 Å². The van der Waals surface area contributed by atoms with Crippen molar-refractivity contribution in [1.82, 2.24) is 0 Å². The van der Waals surface area contributed by atoms with Gasteiger partial charge in [0.15, 0.2) is 0 Å². The van der Waals surface area contributed by atoms with Crippen LogP contribution in [0.4, 0.5) is 0 Å². The van der Waals surface area contributed by atoms with Crippen LogP contribution >= 0.6 is 35.2 Å². The van der Waals surface area contributed by atoms with Gasteiger partial charge in [0, 0.05) is 15.8 Å². The van der Waals surface area contributed by atoms with Crippen molar-refractivity contribution in [3.8, 4) is 0 Å². The molecular weight excluding hydrogens is 786 g/mol. The third-order valence-corrected chi connectivity index (χ3v) is 25.0. The normalized spacial score (nSPS) is 24.7. The third kappa shape index (κ3) is 15.1. The summed E-state index contributed by atoms with van der Waals surface area (Å²) in [4.78, 5) is 0. The van der Waals surface area contributed by atoms with Crippen LogP contribution in [0.15, 0.2) is 36.4 Å². The second kappa shape index (κ2) is 25.2. The van der Waals surface area contributed by atoms with E-state index in [1.807, 2.05) is 28.9 Å². The van der Waals surface area contributed by atoms with Gasteiger partial charge in [0.25, 0.3) is 0 Å². The van der Waals surface area contributed by atoms with E-state index in [4.69, 9.17) is 19.4 Å². The molecule has 0 atom stereocenters. The van der Waals surface area contributed by atoms with Gasteiger partial charge in [-0.3, -0.25) is 0 Å². The molecule has 0 bridgehead atoms. The molecule has 0 aliphatic heterocycles. The van der Waals surface area contributed by atoms with E-state index in [0.717, 1.165) is 0 Å². The molecule has 0 N–H and O–H groups in total. The van der Waals surface area contributed by atoms with Crippen molar-refractivity contribution in [3.05, 3.63) is 42.0 Å². The maximum atomic E-state index is 5.72. The van der Waals surface area contributed by atoms with Gasteiger partial charge in [0.2, 0.25) is 0 Å². The predicted molar refractivity (Wildman–Crippen MR) is 236 cm³/mol. The molecule has 0 nitrogen and oxygen atoms in total. The van der Waals surface area contributed by atoms with E-state index in [2.05, 4.69) is 19.1 Å². The maximum Gasteiger partial charge on any atom is 0.0680 e. The van der Waals surface area contributed by atoms with Crippen molar-refractivity contribution in [2.45, 2.75) is 234 Å². The number of allylic oxidation sites excluding steroid dienone is 2. The molecule has 6 fully saturated rings. The summed E-state index contributed by atoms with van der Waals surface area (Å²) in [6, 6.07) is 10.2. The van der Waals surface area contributed by atoms with Crippen molar-refractivity contribution >= 4 is 45.4 Å². The van der Waals surface area contributed by atoms with E-state index in [-0.39, 0.29) is 15.8 Å². The Morgan fingerprint density at radius 2 is 0.706 bits per heavy atom. The fraction of sp³-hybridized carbons (Fsp3) is 0.804.